The Labute approximate surface area is 227 Å². The summed E-state index contributed by atoms with van der Waals surface area (Å²) < 4.78 is 7.67. The Bertz CT molecular complexity index is 1330. The van der Waals surface area contributed by atoms with Crippen molar-refractivity contribution in [1.29, 1.82) is 0 Å². The Hall–Kier alpha value is -3.03. The lowest BCUT2D eigenvalue weighted by Crippen LogP contribution is -2.37. The second kappa shape index (κ2) is 11.6. The van der Waals surface area contributed by atoms with Crippen LogP contribution in [0.1, 0.15) is 45.1 Å². The number of amidine groups is 1. The summed E-state index contributed by atoms with van der Waals surface area (Å²) >= 11 is 8.04. The molecule has 1 aromatic heterocycles. The summed E-state index contributed by atoms with van der Waals surface area (Å²) in [5, 5.41) is 6.23. The van der Waals surface area contributed by atoms with Gasteiger partial charge in [0.05, 0.1) is 22.2 Å². The molecule has 3 heterocycles. The van der Waals surface area contributed by atoms with Crippen LogP contribution in [0.4, 0.5) is 0 Å². The summed E-state index contributed by atoms with van der Waals surface area (Å²) in [5.41, 5.74) is 3.37. The maximum Gasteiger partial charge on any atom is 0.286 e. The van der Waals surface area contributed by atoms with Gasteiger partial charge in [0.2, 0.25) is 0 Å². The molecular weight excluding hydrogens is 504 g/mol. The number of nitrogens with zero attached hydrogens (tertiary/aromatic N) is 4. The average Bonchev–Trinajstić information content (AvgIpc) is 3.49. The fourth-order valence-corrected chi connectivity index (χ4v) is 5.73. The van der Waals surface area contributed by atoms with E-state index in [0.717, 1.165) is 60.0 Å². The largest absolute Gasteiger partial charge is 0.492 e. The van der Waals surface area contributed by atoms with Crippen LogP contribution >= 0.6 is 23.4 Å². The SMILES string of the molecule is CCCCOc1ccc(-c2nn(-c3ccccc3)cc2/C=C2\SC(N3CCC[C@@H](C)C3)=NC2=O)cc1Cl. The first-order chi connectivity index (χ1) is 18.0. The van der Waals surface area contributed by atoms with E-state index in [1.807, 2.05) is 65.5 Å². The van der Waals surface area contributed by atoms with Crippen LogP contribution in [-0.4, -0.2) is 45.5 Å². The highest BCUT2D eigenvalue weighted by Gasteiger charge is 2.29. The van der Waals surface area contributed by atoms with Gasteiger partial charge in [-0.15, -0.1) is 0 Å². The standard InChI is InChI=1S/C29H31ClN4O2S/c1-3-4-15-36-25-13-12-21(16-24(25)30)27-22(19-34(32-27)23-10-6-5-7-11-23)17-26-28(35)31-29(37-26)33-14-8-9-20(2)18-33/h5-7,10-13,16-17,19-20H,3-4,8-9,14-15,18H2,1-2H3/b26-17-/t20-/m1/s1. The quantitative estimate of drug-likeness (QED) is 0.239. The number of ether oxygens (including phenoxy) is 1. The van der Waals surface area contributed by atoms with E-state index in [9.17, 15) is 4.79 Å². The average molecular weight is 535 g/mol. The maximum absolute atomic E-state index is 12.9. The van der Waals surface area contributed by atoms with Crippen molar-refractivity contribution < 1.29 is 9.53 Å². The van der Waals surface area contributed by atoms with E-state index >= 15 is 0 Å². The van der Waals surface area contributed by atoms with Crippen molar-refractivity contribution in [3.05, 3.63) is 70.2 Å². The number of unbranched alkanes of at least 4 members (excludes halogenated alkanes) is 1. The molecule has 1 amide bonds. The van der Waals surface area contributed by atoms with Crippen molar-refractivity contribution in [3.8, 4) is 22.7 Å². The molecule has 2 aromatic carbocycles. The van der Waals surface area contributed by atoms with Crippen molar-refractivity contribution in [2.45, 2.75) is 39.5 Å². The lowest BCUT2D eigenvalue weighted by atomic mass is 10.0. The lowest BCUT2D eigenvalue weighted by molar-refractivity contribution is -0.113. The molecule has 0 radical (unpaired) electrons. The first-order valence-electron chi connectivity index (χ1n) is 12.9. The normalized spacial score (nSPS) is 18.9. The zero-order valence-corrected chi connectivity index (χ0v) is 22.8. The highest BCUT2D eigenvalue weighted by atomic mass is 35.5. The van der Waals surface area contributed by atoms with Crippen molar-refractivity contribution in [2.24, 2.45) is 10.9 Å². The summed E-state index contributed by atoms with van der Waals surface area (Å²) in [6.45, 7) is 6.89. The van der Waals surface area contributed by atoms with Crippen LogP contribution in [0.15, 0.2) is 64.6 Å². The summed E-state index contributed by atoms with van der Waals surface area (Å²) in [5.74, 6) is 1.07. The Balaban J connectivity index is 1.47. The van der Waals surface area contributed by atoms with E-state index in [0.29, 0.717) is 28.2 Å². The van der Waals surface area contributed by atoms with E-state index in [1.165, 1.54) is 18.2 Å². The first kappa shape index (κ1) is 25.6. The molecule has 5 rings (SSSR count). The molecule has 1 atom stereocenters. The zero-order chi connectivity index (χ0) is 25.8. The van der Waals surface area contributed by atoms with Crippen LogP contribution in [0.3, 0.4) is 0 Å². The van der Waals surface area contributed by atoms with E-state index < -0.39 is 0 Å². The molecule has 0 unspecified atom stereocenters. The van der Waals surface area contributed by atoms with Gasteiger partial charge in [0.15, 0.2) is 5.17 Å². The number of aliphatic imine (C=N–C) groups is 1. The molecule has 2 aliphatic rings. The van der Waals surface area contributed by atoms with Gasteiger partial charge in [-0.2, -0.15) is 10.1 Å². The first-order valence-corrected chi connectivity index (χ1v) is 14.1. The van der Waals surface area contributed by atoms with Crippen LogP contribution in [-0.2, 0) is 4.79 Å². The monoisotopic (exact) mass is 534 g/mol. The molecule has 37 heavy (non-hydrogen) atoms. The second-order valence-corrected chi connectivity index (χ2v) is 11.0. The number of piperidine rings is 1. The minimum atomic E-state index is -0.200. The van der Waals surface area contributed by atoms with Gasteiger partial charge in [-0.1, -0.05) is 50.1 Å². The Morgan fingerprint density at radius 3 is 2.81 bits per heavy atom. The summed E-state index contributed by atoms with van der Waals surface area (Å²) in [4.78, 5) is 20.1. The number of likely N-dealkylation sites (tertiary alicyclic amines) is 1. The molecular formula is C29H31ClN4O2S. The molecule has 2 aliphatic heterocycles. The number of carbonyl (C=O) groups is 1. The molecule has 6 nitrogen and oxygen atoms in total. The number of hydrogen-bond donors (Lipinski definition) is 0. The molecule has 1 fully saturated rings. The number of aromatic nitrogens is 2. The minimum Gasteiger partial charge on any atom is -0.492 e. The molecule has 3 aromatic rings. The predicted molar refractivity (Wildman–Crippen MR) is 152 cm³/mol. The smallest absolute Gasteiger partial charge is 0.286 e. The van der Waals surface area contributed by atoms with Gasteiger partial charge < -0.3 is 9.64 Å². The number of para-hydroxylation sites is 1. The number of thioether (sulfide) groups is 1. The molecule has 0 bridgehead atoms. The fraction of sp³-hybridized carbons (Fsp3) is 0.345. The third-order valence-electron chi connectivity index (χ3n) is 6.55. The minimum absolute atomic E-state index is 0.200. The van der Waals surface area contributed by atoms with Crippen LogP contribution < -0.4 is 4.74 Å². The topological polar surface area (TPSA) is 59.7 Å². The van der Waals surface area contributed by atoms with E-state index in [-0.39, 0.29) is 5.91 Å². The molecule has 192 valence electrons. The van der Waals surface area contributed by atoms with E-state index in [2.05, 4.69) is 23.7 Å². The molecule has 0 aliphatic carbocycles. The van der Waals surface area contributed by atoms with Crippen molar-refractivity contribution in [3.63, 3.8) is 0 Å². The van der Waals surface area contributed by atoms with Crippen molar-refractivity contribution in [1.82, 2.24) is 14.7 Å². The Morgan fingerprint density at radius 1 is 1.22 bits per heavy atom. The number of hydrogen-bond acceptors (Lipinski definition) is 5. The third-order valence-corrected chi connectivity index (χ3v) is 7.89. The zero-order valence-electron chi connectivity index (χ0n) is 21.2. The lowest BCUT2D eigenvalue weighted by Gasteiger charge is -2.31. The molecule has 8 heteroatoms. The van der Waals surface area contributed by atoms with Gasteiger partial charge in [-0.25, -0.2) is 4.68 Å². The summed E-state index contributed by atoms with van der Waals surface area (Å²) in [6, 6.07) is 15.7. The van der Waals surface area contributed by atoms with Gasteiger partial charge in [0.25, 0.3) is 5.91 Å². The number of amides is 1. The van der Waals surface area contributed by atoms with Gasteiger partial charge in [-0.3, -0.25) is 4.79 Å². The van der Waals surface area contributed by atoms with E-state index in [4.69, 9.17) is 21.4 Å². The molecule has 0 N–H and O–H groups in total. The number of halogens is 1. The van der Waals surface area contributed by atoms with E-state index in [1.54, 1.807) is 0 Å². The molecule has 1 saturated heterocycles. The van der Waals surface area contributed by atoms with Gasteiger partial charge in [0, 0.05) is 30.4 Å². The van der Waals surface area contributed by atoms with Crippen molar-refractivity contribution >= 4 is 40.5 Å². The number of benzene rings is 2. The van der Waals surface area contributed by atoms with Crippen LogP contribution in [0, 0.1) is 5.92 Å². The van der Waals surface area contributed by atoms with Gasteiger partial charge in [0.1, 0.15) is 11.4 Å². The second-order valence-electron chi connectivity index (χ2n) is 9.56. The Morgan fingerprint density at radius 2 is 2.05 bits per heavy atom. The summed E-state index contributed by atoms with van der Waals surface area (Å²) in [7, 11) is 0. The Kier molecular flexibility index (Phi) is 8.01. The van der Waals surface area contributed by atoms with Crippen LogP contribution in [0.25, 0.3) is 23.0 Å². The fourth-order valence-electron chi connectivity index (χ4n) is 4.56. The number of rotatable bonds is 7. The third kappa shape index (κ3) is 5.94. The highest BCUT2D eigenvalue weighted by Crippen LogP contribution is 2.36. The highest BCUT2D eigenvalue weighted by molar-refractivity contribution is 8.18. The van der Waals surface area contributed by atoms with Crippen molar-refractivity contribution in [2.75, 3.05) is 19.7 Å². The summed E-state index contributed by atoms with van der Waals surface area (Å²) in [6.07, 6.45) is 8.23. The molecule has 0 saturated carbocycles. The van der Waals surface area contributed by atoms with Crippen LogP contribution in [0.5, 0.6) is 5.75 Å². The van der Waals surface area contributed by atoms with Gasteiger partial charge >= 0.3 is 0 Å². The van der Waals surface area contributed by atoms with Crippen LogP contribution in [0.2, 0.25) is 5.02 Å². The molecule has 0 spiro atoms. The predicted octanol–water partition coefficient (Wildman–Crippen LogP) is 7.07. The number of carbonyl (C=O) groups excluding carboxylic acids is 1. The van der Waals surface area contributed by atoms with Gasteiger partial charge in [-0.05, 0) is 73.4 Å². The maximum atomic E-state index is 12.9.